The molecule has 3 N–H and O–H groups in total. The van der Waals surface area contributed by atoms with Crippen LogP contribution in [0.15, 0.2) is 54.6 Å². The standard InChI is InChI=1S/C30H42N4O2/c1-21(2)17-27(29(35)32-19-24-11-9-22(3)10-12-24)33-16-15-26(14-13-23-7-5-4-6-8-23)34-20-25(31)18-28(34)30(33)36/h4-12,21,25-28H,13-20,31H2,1-3H3,(H,32,35)/t25-,26?,27-,28?/m1/s1. The van der Waals surface area contributed by atoms with Crippen molar-refractivity contribution < 1.29 is 9.59 Å². The lowest BCUT2D eigenvalue weighted by atomic mass is 9.99. The van der Waals surface area contributed by atoms with E-state index >= 15 is 0 Å². The molecule has 6 nitrogen and oxygen atoms in total. The van der Waals surface area contributed by atoms with E-state index in [1.165, 1.54) is 11.1 Å². The van der Waals surface area contributed by atoms with Crippen LogP contribution >= 0.6 is 0 Å². The number of aryl methyl sites for hydroxylation is 2. The third-order valence-electron chi connectivity index (χ3n) is 7.68. The fourth-order valence-corrected chi connectivity index (χ4v) is 5.73. The van der Waals surface area contributed by atoms with Crippen LogP contribution in [0, 0.1) is 12.8 Å². The number of carbonyl (C=O) groups excluding carboxylic acids is 2. The first kappa shape index (κ1) is 26.4. The topological polar surface area (TPSA) is 78.7 Å². The summed E-state index contributed by atoms with van der Waals surface area (Å²) < 4.78 is 0. The highest BCUT2D eigenvalue weighted by atomic mass is 16.2. The summed E-state index contributed by atoms with van der Waals surface area (Å²) in [6.07, 6.45) is 4.14. The van der Waals surface area contributed by atoms with Crippen LogP contribution in [0.2, 0.25) is 0 Å². The maximum absolute atomic E-state index is 13.9. The Morgan fingerprint density at radius 2 is 1.81 bits per heavy atom. The molecule has 4 atom stereocenters. The largest absolute Gasteiger partial charge is 0.350 e. The van der Waals surface area contributed by atoms with E-state index in [9.17, 15) is 9.59 Å². The molecule has 36 heavy (non-hydrogen) atoms. The number of rotatable bonds is 9. The Labute approximate surface area is 216 Å². The minimum atomic E-state index is -0.463. The Balaban J connectivity index is 1.49. The van der Waals surface area contributed by atoms with Crippen molar-refractivity contribution in [3.05, 3.63) is 71.3 Å². The van der Waals surface area contributed by atoms with Gasteiger partial charge in [-0.2, -0.15) is 0 Å². The average Bonchev–Trinajstić information content (AvgIpc) is 3.21. The smallest absolute Gasteiger partial charge is 0.243 e. The molecule has 0 aliphatic carbocycles. The predicted molar refractivity (Wildman–Crippen MR) is 144 cm³/mol. The van der Waals surface area contributed by atoms with Crippen LogP contribution in [0.25, 0.3) is 0 Å². The first-order valence-corrected chi connectivity index (χ1v) is 13.5. The molecule has 2 aromatic rings. The molecule has 0 spiro atoms. The van der Waals surface area contributed by atoms with Crippen LogP contribution in [0.5, 0.6) is 0 Å². The van der Waals surface area contributed by atoms with Gasteiger partial charge in [-0.05, 0) is 56.1 Å². The third-order valence-corrected chi connectivity index (χ3v) is 7.68. The molecule has 2 aliphatic heterocycles. The van der Waals surface area contributed by atoms with Gasteiger partial charge in [-0.3, -0.25) is 14.5 Å². The van der Waals surface area contributed by atoms with E-state index in [-0.39, 0.29) is 29.9 Å². The number of amides is 2. The van der Waals surface area contributed by atoms with Crippen molar-refractivity contribution in [3.8, 4) is 0 Å². The quantitative estimate of drug-likeness (QED) is 0.562. The summed E-state index contributed by atoms with van der Waals surface area (Å²) in [5.74, 6) is 0.308. The van der Waals surface area contributed by atoms with E-state index < -0.39 is 6.04 Å². The van der Waals surface area contributed by atoms with Crippen LogP contribution in [0.4, 0.5) is 0 Å². The number of benzene rings is 2. The molecule has 2 unspecified atom stereocenters. The molecule has 2 aliphatic rings. The fraction of sp³-hybridized carbons (Fsp3) is 0.533. The third kappa shape index (κ3) is 6.54. The maximum atomic E-state index is 13.9. The fourth-order valence-electron chi connectivity index (χ4n) is 5.73. The van der Waals surface area contributed by atoms with Crippen LogP contribution in [-0.2, 0) is 22.6 Å². The van der Waals surface area contributed by atoms with Crippen LogP contribution < -0.4 is 11.1 Å². The molecule has 4 rings (SSSR count). The second kappa shape index (κ2) is 12.0. The Morgan fingerprint density at radius 1 is 1.08 bits per heavy atom. The Kier molecular flexibility index (Phi) is 8.81. The van der Waals surface area contributed by atoms with Gasteiger partial charge >= 0.3 is 0 Å². The zero-order valence-electron chi connectivity index (χ0n) is 22.0. The predicted octanol–water partition coefficient (Wildman–Crippen LogP) is 3.66. The monoisotopic (exact) mass is 490 g/mol. The van der Waals surface area contributed by atoms with E-state index in [0.717, 1.165) is 31.4 Å². The van der Waals surface area contributed by atoms with Gasteiger partial charge in [-0.15, -0.1) is 0 Å². The van der Waals surface area contributed by atoms with Gasteiger partial charge < -0.3 is 16.0 Å². The van der Waals surface area contributed by atoms with E-state index in [0.29, 0.717) is 31.8 Å². The number of hydrogen-bond acceptors (Lipinski definition) is 4. The summed E-state index contributed by atoms with van der Waals surface area (Å²) in [6.45, 7) is 8.10. The Bertz CT molecular complexity index is 1010. The van der Waals surface area contributed by atoms with Crippen molar-refractivity contribution in [1.82, 2.24) is 15.1 Å². The van der Waals surface area contributed by atoms with Crippen molar-refractivity contribution >= 4 is 11.8 Å². The lowest BCUT2D eigenvalue weighted by Gasteiger charge is -2.33. The molecule has 0 aromatic heterocycles. The van der Waals surface area contributed by atoms with Crippen molar-refractivity contribution in [3.63, 3.8) is 0 Å². The van der Waals surface area contributed by atoms with E-state index in [1.807, 2.05) is 23.1 Å². The number of hydrogen-bond donors (Lipinski definition) is 2. The molecule has 0 saturated carbocycles. The van der Waals surface area contributed by atoms with Crippen molar-refractivity contribution in [2.75, 3.05) is 13.1 Å². The number of nitrogens with one attached hydrogen (secondary N) is 1. The van der Waals surface area contributed by atoms with Crippen molar-refractivity contribution in [2.24, 2.45) is 11.7 Å². The summed E-state index contributed by atoms with van der Waals surface area (Å²) in [5, 5.41) is 3.12. The summed E-state index contributed by atoms with van der Waals surface area (Å²) >= 11 is 0. The van der Waals surface area contributed by atoms with Gasteiger partial charge in [0.25, 0.3) is 0 Å². The normalized spacial score (nSPS) is 23.4. The van der Waals surface area contributed by atoms with Gasteiger partial charge in [0.05, 0.1) is 6.04 Å². The molecule has 194 valence electrons. The highest BCUT2D eigenvalue weighted by Gasteiger charge is 2.45. The highest BCUT2D eigenvalue weighted by Crippen LogP contribution is 2.30. The van der Waals surface area contributed by atoms with Crippen molar-refractivity contribution in [1.29, 1.82) is 0 Å². The molecular weight excluding hydrogens is 448 g/mol. The molecule has 2 amide bonds. The van der Waals surface area contributed by atoms with Crippen LogP contribution in [-0.4, -0.2) is 58.9 Å². The summed E-state index contributed by atoms with van der Waals surface area (Å²) in [7, 11) is 0. The Morgan fingerprint density at radius 3 is 2.50 bits per heavy atom. The number of nitrogens with two attached hydrogens (primary N) is 1. The zero-order valence-corrected chi connectivity index (χ0v) is 22.0. The van der Waals surface area contributed by atoms with Gasteiger partial charge in [-0.1, -0.05) is 74.0 Å². The van der Waals surface area contributed by atoms with E-state index in [4.69, 9.17) is 5.73 Å². The highest BCUT2D eigenvalue weighted by molar-refractivity contribution is 5.90. The molecule has 2 fully saturated rings. The summed E-state index contributed by atoms with van der Waals surface area (Å²) in [4.78, 5) is 31.6. The number of fused-ring (bicyclic) bond motifs is 1. The molecule has 2 saturated heterocycles. The summed E-state index contributed by atoms with van der Waals surface area (Å²) in [5.41, 5.74) is 9.94. The lowest BCUT2D eigenvalue weighted by Crippen LogP contribution is -2.53. The summed E-state index contributed by atoms with van der Waals surface area (Å²) in [6, 6.07) is 18.3. The first-order chi connectivity index (χ1) is 17.3. The van der Waals surface area contributed by atoms with E-state index in [1.54, 1.807) is 0 Å². The minimum Gasteiger partial charge on any atom is -0.350 e. The SMILES string of the molecule is Cc1ccc(CNC(=O)[C@@H](CC(C)C)N2CCC(CCc3ccccc3)N3C[C@H](N)CC3C2=O)cc1. The molecule has 2 aromatic carbocycles. The van der Waals surface area contributed by atoms with Gasteiger partial charge in [0.2, 0.25) is 11.8 Å². The number of carbonyl (C=O) groups is 2. The second-order valence-electron chi connectivity index (χ2n) is 11.1. The van der Waals surface area contributed by atoms with Crippen molar-refractivity contribution in [2.45, 2.75) is 83.6 Å². The molecule has 2 heterocycles. The molecule has 0 radical (unpaired) electrons. The van der Waals surface area contributed by atoms with Gasteiger partial charge in [0.1, 0.15) is 6.04 Å². The van der Waals surface area contributed by atoms with Crippen LogP contribution in [0.1, 0.15) is 56.2 Å². The second-order valence-corrected chi connectivity index (χ2v) is 11.1. The Hall–Kier alpha value is -2.70. The van der Waals surface area contributed by atoms with Gasteiger partial charge in [0, 0.05) is 31.7 Å². The maximum Gasteiger partial charge on any atom is 0.243 e. The zero-order chi connectivity index (χ0) is 25.7. The lowest BCUT2D eigenvalue weighted by molar-refractivity contribution is -0.143. The first-order valence-electron chi connectivity index (χ1n) is 13.5. The van der Waals surface area contributed by atoms with Crippen LogP contribution in [0.3, 0.4) is 0 Å². The molecule has 6 heteroatoms. The average molecular weight is 491 g/mol. The number of nitrogens with zero attached hydrogens (tertiary/aromatic N) is 2. The van der Waals surface area contributed by atoms with Gasteiger partial charge in [-0.25, -0.2) is 0 Å². The molecular formula is C30H42N4O2. The van der Waals surface area contributed by atoms with E-state index in [2.05, 4.69) is 67.4 Å². The minimum absolute atomic E-state index is 0.00274. The van der Waals surface area contributed by atoms with Gasteiger partial charge in [0.15, 0.2) is 0 Å². The molecule has 0 bridgehead atoms.